The highest BCUT2D eigenvalue weighted by Crippen LogP contribution is 2.36. The molecule has 1 N–H and O–H groups in total. The van der Waals surface area contributed by atoms with Crippen LogP contribution in [0.15, 0.2) is 12.2 Å². The summed E-state index contributed by atoms with van der Waals surface area (Å²) in [5, 5.41) is 7.18. The summed E-state index contributed by atoms with van der Waals surface area (Å²) in [6, 6.07) is 0. The summed E-state index contributed by atoms with van der Waals surface area (Å²) < 4.78 is 46.4. The van der Waals surface area contributed by atoms with E-state index >= 15 is 0 Å². The average Bonchev–Trinajstić information content (AvgIpc) is 2.28. The third-order valence-electron chi connectivity index (χ3n) is 3.48. The summed E-state index contributed by atoms with van der Waals surface area (Å²) >= 11 is 16.0. The Bertz CT molecular complexity index is 443. The van der Waals surface area contributed by atoms with E-state index in [1.807, 2.05) is 33.9 Å². The molecule has 0 radical (unpaired) electrons. The molecule has 0 aliphatic rings. The highest BCUT2D eigenvalue weighted by atomic mass is 35.6. The number of rotatable bonds is 5. The number of hydrogen-bond acceptors (Lipinski definition) is 3. The normalized spacial score (nSPS) is 15.8. The molecule has 0 aromatic rings. The van der Waals surface area contributed by atoms with Crippen molar-refractivity contribution in [3.8, 4) is 0 Å². The molecule has 1 atom stereocenters. The van der Waals surface area contributed by atoms with Crippen molar-refractivity contribution in [2.24, 2.45) is 0 Å². The van der Waals surface area contributed by atoms with Crippen LogP contribution < -0.4 is 0 Å². The molecule has 0 saturated carbocycles. The van der Waals surface area contributed by atoms with E-state index in [0.717, 1.165) is 6.08 Å². The van der Waals surface area contributed by atoms with Gasteiger partial charge in [0, 0.05) is 0 Å². The molecular formula is C13H21Cl3F3NO2Si. The van der Waals surface area contributed by atoms with Crippen molar-refractivity contribution in [3.05, 3.63) is 12.2 Å². The van der Waals surface area contributed by atoms with Gasteiger partial charge in [-0.15, -0.1) is 0 Å². The van der Waals surface area contributed by atoms with Gasteiger partial charge in [-0.1, -0.05) is 61.7 Å². The fraction of sp³-hybridized carbons (Fsp3) is 0.769. The summed E-state index contributed by atoms with van der Waals surface area (Å²) in [6.45, 7) is 10.0. The Balaban J connectivity index is 4.85. The molecule has 0 aliphatic carbocycles. The second-order valence-corrected chi connectivity index (χ2v) is 13.5. The van der Waals surface area contributed by atoms with Crippen molar-refractivity contribution in [2.45, 2.75) is 55.0 Å². The topological polar surface area (TPSA) is 42.3 Å². The third-order valence-corrected chi connectivity index (χ3v) is 8.50. The van der Waals surface area contributed by atoms with Gasteiger partial charge in [0.2, 0.25) is 12.0 Å². The van der Waals surface area contributed by atoms with Crippen molar-refractivity contribution >= 4 is 49.0 Å². The zero-order valence-electron chi connectivity index (χ0n) is 13.5. The van der Waals surface area contributed by atoms with Crippen LogP contribution in [0.1, 0.15) is 20.8 Å². The molecule has 3 nitrogen and oxygen atoms in total. The number of halogens is 6. The average molecular weight is 415 g/mol. The van der Waals surface area contributed by atoms with Crippen LogP contribution in [-0.4, -0.2) is 36.9 Å². The van der Waals surface area contributed by atoms with E-state index in [1.165, 1.54) is 6.08 Å². The Hall–Kier alpha value is 0.0469. The lowest BCUT2D eigenvalue weighted by molar-refractivity contribution is -0.183. The molecule has 0 spiro atoms. The molecule has 0 heterocycles. The van der Waals surface area contributed by atoms with Gasteiger partial charge < -0.3 is 9.16 Å². The largest absolute Gasteiger partial charge is 0.461 e. The van der Waals surface area contributed by atoms with E-state index in [2.05, 4.69) is 4.74 Å². The van der Waals surface area contributed by atoms with Crippen molar-refractivity contribution in [2.75, 3.05) is 6.61 Å². The van der Waals surface area contributed by atoms with Gasteiger partial charge in [-0.25, -0.2) is 0 Å². The van der Waals surface area contributed by atoms with E-state index in [0.29, 0.717) is 0 Å². The van der Waals surface area contributed by atoms with Crippen LogP contribution in [0, 0.1) is 5.41 Å². The maximum absolute atomic E-state index is 12.9. The smallest absolute Gasteiger partial charge is 0.429 e. The van der Waals surface area contributed by atoms with Crippen LogP contribution in [0.5, 0.6) is 0 Å². The first-order chi connectivity index (χ1) is 9.98. The predicted molar refractivity (Wildman–Crippen MR) is 91.2 cm³/mol. The van der Waals surface area contributed by atoms with Crippen molar-refractivity contribution in [1.82, 2.24) is 0 Å². The van der Waals surface area contributed by atoms with Gasteiger partial charge in [-0.2, -0.15) is 13.2 Å². The Kier molecular flexibility index (Phi) is 7.97. The maximum atomic E-state index is 12.9. The lowest BCUT2D eigenvalue weighted by atomic mass is 10.2. The van der Waals surface area contributed by atoms with Crippen LogP contribution in [0.4, 0.5) is 13.2 Å². The molecule has 0 aliphatic heterocycles. The zero-order valence-corrected chi connectivity index (χ0v) is 16.8. The highest BCUT2D eigenvalue weighted by Gasteiger charge is 2.43. The van der Waals surface area contributed by atoms with Gasteiger partial charge in [0.05, 0.1) is 6.61 Å². The Morgan fingerprint density at radius 1 is 1.17 bits per heavy atom. The Morgan fingerprint density at radius 2 is 1.65 bits per heavy atom. The first-order valence-electron chi connectivity index (χ1n) is 6.68. The minimum absolute atomic E-state index is 0.00747. The van der Waals surface area contributed by atoms with E-state index in [9.17, 15) is 13.2 Å². The van der Waals surface area contributed by atoms with E-state index in [-0.39, 0.29) is 11.6 Å². The summed E-state index contributed by atoms with van der Waals surface area (Å²) in [5.74, 6) is -1.10. The molecule has 0 aromatic carbocycles. The molecule has 136 valence electrons. The van der Waals surface area contributed by atoms with Gasteiger partial charge in [0.1, 0.15) is 0 Å². The zero-order chi connectivity index (χ0) is 18.7. The van der Waals surface area contributed by atoms with Gasteiger partial charge >= 0.3 is 6.18 Å². The molecule has 10 heteroatoms. The van der Waals surface area contributed by atoms with Crippen molar-refractivity contribution in [3.63, 3.8) is 0 Å². The van der Waals surface area contributed by atoms with Crippen molar-refractivity contribution in [1.29, 1.82) is 5.41 Å². The van der Waals surface area contributed by atoms with Gasteiger partial charge in [0.15, 0.2) is 8.32 Å². The van der Waals surface area contributed by atoms with Crippen molar-refractivity contribution < 1.29 is 22.3 Å². The SMILES string of the molecule is CC(C)(C)[Si](C)(C)OC/C=C/C(OC(=N)C(Cl)(Cl)Cl)C(F)(F)F. The number of nitrogens with one attached hydrogen (secondary N) is 1. The minimum atomic E-state index is -4.74. The summed E-state index contributed by atoms with van der Waals surface area (Å²) in [6.07, 6.45) is -5.17. The van der Waals surface area contributed by atoms with Gasteiger partial charge in [0.25, 0.3) is 3.79 Å². The molecule has 0 rings (SSSR count). The van der Waals surface area contributed by atoms with Crippen LogP contribution >= 0.6 is 34.8 Å². The molecule has 0 aromatic heterocycles. The quantitative estimate of drug-likeness (QED) is 0.201. The maximum Gasteiger partial charge on any atom is 0.429 e. The lowest BCUT2D eigenvalue weighted by Gasteiger charge is -2.35. The minimum Gasteiger partial charge on any atom is -0.461 e. The van der Waals surface area contributed by atoms with Crippen LogP contribution in [0.25, 0.3) is 0 Å². The molecule has 0 amide bonds. The number of hydrogen-bond donors (Lipinski definition) is 1. The molecular weight excluding hydrogens is 394 g/mol. The fourth-order valence-corrected chi connectivity index (χ4v) is 2.14. The molecule has 1 unspecified atom stereocenters. The monoisotopic (exact) mass is 413 g/mol. The number of alkyl halides is 6. The van der Waals surface area contributed by atoms with Crippen LogP contribution in [0.2, 0.25) is 18.1 Å². The molecule has 0 saturated heterocycles. The third kappa shape index (κ3) is 8.11. The summed E-state index contributed by atoms with van der Waals surface area (Å²) in [7, 11) is -2.06. The summed E-state index contributed by atoms with van der Waals surface area (Å²) in [5.41, 5.74) is 0. The van der Waals surface area contributed by atoms with E-state index in [4.69, 9.17) is 44.6 Å². The molecule has 0 bridgehead atoms. The fourth-order valence-electron chi connectivity index (χ4n) is 1.06. The molecule has 23 heavy (non-hydrogen) atoms. The highest BCUT2D eigenvalue weighted by molar-refractivity contribution is 6.76. The Morgan fingerprint density at radius 3 is 2.00 bits per heavy atom. The van der Waals surface area contributed by atoms with Crippen LogP contribution in [0.3, 0.4) is 0 Å². The lowest BCUT2D eigenvalue weighted by Crippen LogP contribution is -2.40. The van der Waals surface area contributed by atoms with Gasteiger partial charge in [-0.3, -0.25) is 5.41 Å². The van der Waals surface area contributed by atoms with E-state index in [1.54, 1.807) is 0 Å². The molecule has 0 fully saturated rings. The Labute approximate surface area is 150 Å². The number of ether oxygens (including phenoxy) is 1. The van der Waals surface area contributed by atoms with Gasteiger partial charge in [-0.05, 0) is 24.2 Å². The second-order valence-electron chi connectivity index (χ2n) is 6.41. The van der Waals surface area contributed by atoms with Crippen LogP contribution in [-0.2, 0) is 9.16 Å². The standard InChI is InChI=1S/C13H21Cl3F3NO2Si/c1-11(2,3)23(4,5)21-8-6-7-9(13(17,18)19)22-10(20)12(14,15)16/h6-7,9,20H,8H2,1-5H3/b7-6+,20-10?. The second kappa shape index (κ2) is 7.95. The van der Waals surface area contributed by atoms with E-state index < -0.39 is 30.3 Å². The predicted octanol–water partition coefficient (Wildman–Crippen LogP) is 5.86. The summed E-state index contributed by atoms with van der Waals surface area (Å²) in [4.78, 5) is 0. The first kappa shape index (κ1) is 23.0. The first-order valence-corrected chi connectivity index (χ1v) is 10.7.